The molecule has 0 amide bonds. The van der Waals surface area contributed by atoms with Gasteiger partial charge in [0.1, 0.15) is 6.29 Å². The van der Waals surface area contributed by atoms with Gasteiger partial charge in [0.15, 0.2) is 0 Å². The molecule has 2 aliphatic rings. The molecule has 0 radical (unpaired) electrons. The summed E-state index contributed by atoms with van der Waals surface area (Å²) in [6, 6.07) is 0.504. The highest BCUT2D eigenvalue weighted by molar-refractivity contribution is 5.89. The van der Waals surface area contributed by atoms with Gasteiger partial charge in [-0.25, -0.2) is 4.79 Å². The number of nitrogens with zero attached hydrogens (tertiary/aromatic N) is 1. The molecule has 106 valence electrons. The Labute approximate surface area is 114 Å². The van der Waals surface area contributed by atoms with Gasteiger partial charge in [-0.2, -0.15) is 0 Å². The molecular weight excluding hydrogens is 242 g/mol. The minimum atomic E-state index is -1.03. The fourth-order valence-corrected chi connectivity index (χ4v) is 3.67. The number of carbonyl (C=O) groups is 2. The summed E-state index contributed by atoms with van der Waals surface area (Å²) in [7, 11) is 0. The van der Waals surface area contributed by atoms with Gasteiger partial charge < -0.3 is 5.11 Å². The molecule has 2 saturated heterocycles. The van der Waals surface area contributed by atoms with Gasteiger partial charge in [-0.1, -0.05) is 13.8 Å². The predicted octanol–water partition coefficient (Wildman–Crippen LogP) is 2.10. The lowest BCUT2D eigenvalue weighted by atomic mass is 9.78. The van der Waals surface area contributed by atoms with Crippen LogP contribution in [0, 0.1) is 11.8 Å². The second-order valence-corrected chi connectivity index (χ2v) is 6.12. The van der Waals surface area contributed by atoms with E-state index in [0.717, 1.165) is 38.2 Å². The summed E-state index contributed by atoms with van der Waals surface area (Å²) in [4.78, 5) is 24.4. The third-order valence-corrected chi connectivity index (χ3v) is 4.67. The van der Waals surface area contributed by atoms with Crippen LogP contribution in [0.1, 0.15) is 39.5 Å². The standard InChI is InChI=1S/C15H23NO3/c1-10-3-5-13-11(2)4-6-14(16(13)8-10)12(9-17)7-15(18)19/h7,9-11,13-14H,3-6,8H2,1-2H3,(H,18,19). The van der Waals surface area contributed by atoms with E-state index in [0.29, 0.717) is 23.5 Å². The van der Waals surface area contributed by atoms with Gasteiger partial charge in [-0.3, -0.25) is 9.69 Å². The van der Waals surface area contributed by atoms with Crippen molar-refractivity contribution in [3.63, 3.8) is 0 Å². The van der Waals surface area contributed by atoms with E-state index in [1.54, 1.807) is 0 Å². The Bertz CT molecular complexity index is 391. The Balaban J connectivity index is 2.24. The summed E-state index contributed by atoms with van der Waals surface area (Å²) >= 11 is 0. The largest absolute Gasteiger partial charge is 0.478 e. The van der Waals surface area contributed by atoms with E-state index in [2.05, 4.69) is 18.7 Å². The van der Waals surface area contributed by atoms with Crippen molar-refractivity contribution in [2.45, 2.75) is 51.6 Å². The molecule has 19 heavy (non-hydrogen) atoms. The van der Waals surface area contributed by atoms with Crippen LogP contribution in [0.3, 0.4) is 0 Å². The fraction of sp³-hybridized carbons (Fsp3) is 0.733. The molecule has 0 saturated carbocycles. The lowest BCUT2D eigenvalue weighted by molar-refractivity contribution is -0.131. The van der Waals surface area contributed by atoms with Crippen molar-refractivity contribution < 1.29 is 14.7 Å². The van der Waals surface area contributed by atoms with Crippen molar-refractivity contribution in [3.8, 4) is 0 Å². The van der Waals surface area contributed by atoms with Crippen LogP contribution in [0.2, 0.25) is 0 Å². The first-order chi connectivity index (χ1) is 9.02. The van der Waals surface area contributed by atoms with Crippen LogP contribution in [0.5, 0.6) is 0 Å². The SMILES string of the molecule is CC1CCC2C(C)CCC(C(C=O)=CC(=O)O)N2C1. The van der Waals surface area contributed by atoms with Crippen LogP contribution < -0.4 is 0 Å². The molecule has 2 rings (SSSR count). The van der Waals surface area contributed by atoms with Crippen LogP contribution in [0.4, 0.5) is 0 Å². The Morgan fingerprint density at radius 2 is 1.95 bits per heavy atom. The van der Waals surface area contributed by atoms with Gasteiger partial charge >= 0.3 is 5.97 Å². The third kappa shape index (κ3) is 3.06. The molecule has 0 bridgehead atoms. The van der Waals surface area contributed by atoms with E-state index >= 15 is 0 Å². The molecule has 4 atom stereocenters. The van der Waals surface area contributed by atoms with Crippen molar-refractivity contribution in [2.24, 2.45) is 11.8 Å². The fourth-order valence-electron chi connectivity index (χ4n) is 3.67. The molecule has 2 fully saturated rings. The third-order valence-electron chi connectivity index (χ3n) is 4.67. The molecule has 4 nitrogen and oxygen atoms in total. The number of aldehydes is 1. The quantitative estimate of drug-likeness (QED) is 0.627. The second-order valence-electron chi connectivity index (χ2n) is 6.12. The van der Waals surface area contributed by atoms with Gasteiger partial charge in [0.05, 0.1) is 0 Å². The van der Waals surface area contributed by atoms with Crippen molar-refractivity contribution in [3.05, 3.63) is 11.6 Å². The lowest BCUT2D eigenvalue weighted by Crippen LogP contribution is -2.55. The minimum Gasteiger partial charge on any atom is -0.478 e. The molecule has 4 heteroatoms. The second kappa shape index (κ2) is 5.87. The predicted molar refractivity (Wildman–Crippen MR) is 72.9 cm³/mol. The van der Waals surface area contributed by atoms with Gasteiger partial charge in [0.2, 0.25) is 0 Å². The molecule has 0 aromatic heterocycles. The molecular formula is C15H23NO3. The van der Waals surface area contributed by atoms with Gasteiger partial charge in [0, 0.05) is 30.3 Å². The molecule has 4 unspecified atom stereocenters. The number of carboxylic acid groups (broad SMARTS) is 1. The van der Waals surface area contributed by atoms with E-state index in [1.165, 1.54) is 6.42 Å². The summed E-state index contributed by atoms with van der Waals surface area (Å²) in [6.45, 7) is 5.48. The van der Waals surface area contributed by atoms with E-state index < -0.39 is 5.97 Å². The van der Waals surface area contributed by atoms with E-state index in [1.807, 2.05) is 0 Å². The number of aliphatic carboxylic acids is 1. The molecule has 2 heterocycles. The molecule has 0 aromatic rings. The van der Waals surface area contributed by atoms with Gasteiger partial charge in [-0.15, -0.1) is 0 Å². The summed E-state index contributed by atoms with van der Waals surface area (Å²) < 4.78 is 0. The Morgan fingerprint density at radius 1 is 1.21 bits per heavy atom. The Morgan fingerprint density at radius 3 is 2.58 bits per heavy atom. The molecule has 0 aliphatic carbocycles. The lowest BCUT2D eigenvalue weighted by Gasteiger charge is -2.50. The topological polar surface area (TPSA) is 57.6 Å². The Kier molecular flexibility index (Phi) is 4.40. The zero-order chi connectivity index (χ0) is 14.0. The van der Waals surface area contributed by atoms with E-state index in [9.17, 15) is 9.59 Å². The van der Waals surface area contributed by atoms with Gasteiger partial charge in [0.25, 0.3) is 0 Å². The highest BCUT2D eigenvalue weighted by Gasteiger charge is 2.39. The monoisotopic (exact) mass is 265 g/mol. The normalized spacial score (nSPS) is 36.6. The van der Waals surface area contributed by atoms with E-state index in [4.69, 9.17) is 5.11 Å². The zero-order valence-corrected chi connectivity index (χ0v) is 11.7. The molecule has 0 spiro atoms. The van der Waals surface area contributed by atoms with Crippen molar-refractivity contribution in [2.75, 3.05) is 6.54 Å². The summed E-state index contributed by atoms with van der Waals surface area (Å²) in [5.74, 6) is 0.241. The van der Waals surface area contributed by atoms with Crippen molar-refractivity contribution in [1.82, 2.24) is 4.90 Å². The molecule has 1 N–H and O–H groups in total. The minimum absolute atomic E-state index is 0.00227. The van der Waals surface area contributed by atoms with Crippen molar-refractivity contribution >= 4 is 12.3 Å². The van der Waals surface area contributed by atoms with Crippen LogP contribution in [-0.2, 0) is 9.59 Å². The number of hydrogen-bond acceptors (Lipinski definition) is 3. The highest BCUT2D eigenvalue weighted by atomic mass is 16.4. The van der Waals surface area contributed by atoms with Crippen LogP contribution in [-0.4, -0.2) is 40.9 Å². The van der Waals surface area contributed by atoms with E-state index in [-0.39, 0.29) is 6.04 Å². The zero-order valence-electron chi connectivity index (χ0n) is 11.7. The average molecular weight is 265 g/mol. The number of piperidine rings is 2. The number of fused-ring (bicyclic) bond motifs is 1. The van der Waals surface area contributed by atoms with Crippen LogP contribution in [0.15, 0.2) is 11.6 Å². The van der Waals surface area contributed by atoms with Crippen molar-refractivity contribution in [1.29, 1.82) is 0 Å². The summed E-state index contributed by atoms with van der Waals surface area (Å²) in [5, 5.41) is 8.89. The summed E-state index contributed by atoms with van der Waals surface area (Å²) in [6.07, 6.45) is 6.18. The number of carbonyl (C=O) groups excluding carboxylic acids is 1. The first kappa shape index (κ1) is 14.3. The molecule has 0 aromatic carbocycles. The number of hydrogen-bond donors (Lipinski definition) is 1. The van der Waals surface area contributed by atoms with Crippen LogP contribution in [0.25, 0.3) is 0 Å². The number of rotatable bonds is 3. The maximum atomic E-state index is 11.2. The maximum absolute atomic E-state index is 11.2. The van der Waals surface area contributed by atoms with Crippen LogP contribution >= 0.6 is 0 Å². The average Bonchev–Trinajstić information content (AvgIpc) is 2.36. The smallest absolute Gasteiger partial charge is 0.328 e. The highest BCUT2D eigenvalue weighted by Crippen LogP contribution is 2.37. The maximum Gasteiger partial charge on any atom is 0.328 e. The Hall–Kier alpha value is -1.16. The first-order valence-corrected chi connectivity index (χ1v) is 7.18. The summed E-state index contributed by atoms with van der Waals surface area (Å²) in [5.41, 5.74) is 0.429. The number of carboxylic acids is 1. The first-order valence-electron chi connectivity index (χ1n) is 7.18. The van der Waals surface area contributed by atoms with Gasteiger partial charge in [-0.05, 0) is 37.5 Å². The molecule has 2 aliphatic heterocycles.